The lowest BCUT2D eigenvalue weighted by atomic mass is 10.3. The van der Waals surface area contributed by atoms with Crippen LogP contribution in [0.1, 0.15) is 15.4 Å². The summed E-state index contributed by atoms with van der Waals surface area (Å²) in [6.07, 6.45) is 1.34. The van der Waals surface area contributed by atoms with Gasteiger partial charge in [0.1, 0.15) is 5.69 Å². The molecule has 0 saturated heterocycles. The van der Waals surface area contributed by atoms with Crippen molar-refractivity contribution in [2.24, 2.45) is 0 Å². The van der Waals surface area contributed by atoms with E-state index in [1.165, 1.54) is 35.0 Å². The van der Waals surface area contributed by atoms with Crippen LogP contribution in [-0.4, -0.2) is 27.7 Å². The molecule has 20 heavy (non-hydrogen) atoms. The molecule has 0 aliphatic rings. The van der Waals surface area contributed by atoms with Crippen molar-refractivity contribution >= 4 is 40.7 Å². The van der Waals surface area contributed by atoms with Crippen molar-refractivity contribution in [2.45, 2.75) is 5.75 Å². The highest BCUT2D eigenvalue weighted by Gasteiger charge is 2.06. The molecule has 2 rings (SSSR count). The second-order valence-electron chi connectivity index (χ2n) is 3.86. The fourth-order valence-corrected chi connectivity index (χ4v) is 3.10. The zero-order chi connectivity index (χ0) is 14.4. The molecule has 0 fully saturated rings. The third-order valence-corrected chi connectivity index (χ3v) is 4.36. The molecular formula is C13H12N2O3S2. The number of hydrogen-bond acceptors (Lipinski definition) is 5. The quantitative estimate of drug-likeness (QED) is 0.857. The Morgan fingerprint density at radius 1 is 1.35 bits per heavy atom. The van der Waals surface area contributed by atoms with Gasteiger partial charge in [-0.15, -0.1) is 23.1 Å². The van der Waals surface area contributed by atoms with Crippen molar-refractivity contribution in [3.8, 4) is 0 Å². The first kappa shape index (κ1) is 14.5. The minimum absolute atomic E-state index is 0.0462. The van der Waals surface area contributed by atoms with Gasteiger partial charge in [-0.25, -0.2) is 9.78 Å². The number of rotatable bonds is 6. The molecule has 2 N–H and O–H groups in total. The molecule has 2 aromatic heterocycles. The number of nitrogens with zero attached hydrogens (tertiary/aromatic N) is 1. The third-order valence-electron chi connectivity index (χ3n) is 2.32. The first-order valence-electron chi connectivity index (χ1n) is 5.74. The van der Waals surface area contributed by atoms with Crippen LogP contribution in [-0.2, 0) is 10.5 Å². The molecule has 0 saturated carbocycles. The number of aromatic nitrogens is 1. The van der Waals surface area contributed by atoms with E-state index < -0.39 is 5.97 Å². The predicted molar refractivity (Wildman–Crippen MR) is 80.3 cm³/mol. The lowest BCUT2D eigenvalue weighted by molar-refractivity contribution is -0.113. The summed E-state index contributed by atoms with van der Waals surface area (Å²) in [5.74, 6) is -0.0642. The van der Waals surface area contributed by atoms with Crippen LogP contribution in [0.15, 0.2) is 35.8 Å². The minimum Gasteiger partial charge on any atom is -0.477 e. The fraction of sp³-hybridized carbons (Fsp3) is 0.154. The molecule has 0 atom stereocenters. The number of nitrogens with one attached hydrogen (secondary N) is 1. The van der Waals surface area contributed by atoms with E-state index in [4.69, 9.17) is 5.11 Å². The van der Waals surface area contributed by atoms with Crippen LogP contribution in [0.2, 0.25) is 0 Å². The lowest BCUT2D eigenvalue weighted by Gasteiger charge is -2.04. The number of carboxylic acid groups (broad SMARTS) is 1. The first-order chi connectivity index (χ1) is 9.65. The number of carboxylic acids is 1. The summed E-state index contributed by atoms with van der Waals surface area (Å²) in [5, 5.41) is 13.4. The van der Waals surface area contributed by atoms with Crippen LogP contribution in [0.5, 0.6) is 0 Å². The van der Waals surface area contributed by atoms with E-state index in [1.54, 1.807) is 11.3 Å². The van der Waals surface area contributed by atoms with Crippen LogP contribution < -0.4 is 5.32 Å². The van der Waals surface area contributed by atoms with Crippen molar-refractivity contribution < 1.29 is 14.7 Å². The Kier molecular flexibility index (Phi) is 5.14. The van der Waals surface area contributed by atoms with Gasteiger partial charge in [-0.1, -0.05) is 6.07 Å². The van der Waals surface area contributed by atoms with Crippen LogP contribution in [0, 0.1) is 0 Å². The molecule has 0 aromatic carbocycles. The Hall–Kier alpha value is -1.86. The zero-order valence-electron chi connectivity index (χ0n) is 10.4. The summed E-state index contributed by atoms with van der Waals surface area (Å²) in [4.78, 5) is 27.3. The van der Waals surface area contributed by atoms with Crippen molar-refractivity contribution in [3.05, 3.63) is 46.4 Å². The summed E-state index contributed by atoms with van der Waals surface area (Å²) in [6.45, 7) is 0. The maximum absolute atomic E-state index is 11.7. The Morgan fingerprint density at radius 3 is 2.80 bits per heavy atom. The number of thiophene rings is 1. The average molecular weight is 308 g/mol. The molecule has 5 nitrogen and oxygen atoms in total. The third kappa shape index (κ3) is 4.36. The molecule has 0 bridgehead atoms. The van der Waals surface area contributed by atoms with E-state index in [2.05, 4.69) is 10.3 Å². The Bertz CT molecular complexity index is 582. The van der Waals surface area contributed by atoms with E-state index in [0.29, 0.717) is 11.4 Å². The van der Waals surface area contributed by atoms with Gasteiger partial charge in [0.05, 0.1) is 17.6 Å². The highest BCUT2D eigenvalue weighted by Crippen LogP contribution is 2.17. The smallest absolute Gasteiger partial charge is 0.354 e. The monoisotopic (exact) mass is 308 g/mol. The van der Waals surface area contributed by atoms with Crippen LogP contribution in [0.4, 0.5) is 5.69 Å². The number of pyridine rings is 1. The summed E-state index contributed by atoms with van der Waals surface area (Å²) in [5.41, 5.74) is 0.451. The van der Waals surface area contributed by atoms with Gasteiger partial charge in [-0.05, 0) is 23.6 Å². The molecule has 104 valence electrons. The molecule has 0 unspecified atom stereocenters. The SMILES string of the molecule is O=C(CSCc1cccs1)Nc1ccc(C(=O)O)nc1. The second-order valence-corrected chi connectivity index (χ2v) is 5.88. The van der Waals surface area contributed by atoms with E-state index in [0.717, 1.165) is 5.75 Å². The predicted octanol–water partition coefficient (Wildman–Crippen LogP) is 2.71. The number of anilines is 1. The molecule has 1 amide bonds. The van der Waals surface area contributed by atoms with Crippen molar-refractivity contribution in [2.75, 3.05) is 11.1 Å². The molecule has 0 aliphatic carbocycles. The number of carbonyl (C=O) groups excluding carboxylic acids is 1. The molecule has 0 aliphatic heterocycles. The largest absolute Gasteiger partial charge is 0.477 e. The van der Waals surface area contributed by atoms with Gasteiger partial charge in [-0.3, -0.25) is 4.79 Å². The normalized spacial score (nSPS) is 10.2. The van der Waals surface area contributed by atoms with Gasteiger partial charge in [-0.2, -0.15) is 0 Å². The summed E-state index contributed by atoms with van der Waals surface area (Å²) >= 11 is 3.19. The highest BCUT2D eigenvalue weighted by atomic mass is 32.2. The van der Waals surface area contributed by atoms with Gasteiger partial charge < -0.3 is 10.4 Å². The van der Waals surface area contributed by atoms with E-state index >= 15 is 0 Å². The van der Waals surface area contributed by atoms with E-state index in [9.17, 15) is 9.59 Å². The van der Waals surface area contributed by atoms with Crippen molar-refractivity contribution in [3.63, 3.8) is 0 Å². The van der Waals surface area contributed by atoms with Gasteiger partial charge >= 0.3 is 5.97 Å². The number of carbonyl (C=O) groups is 2. The standard InChI is InChI=1S/C13H12N2O3S2/c16-12(8-19-7-10-2-1-5-20-10)15-9-3-4-11(13(17)18)14-6-9/h1-6H,7-8H2,(H,15,16)(H,17,18). The average Bonchev–Trinajstić information content (AvgIpc) is 2.92. The second kappa shape index (κ2) is 7.06. The summed E-state index contributed by atoms with van der Waals surface area (Å²) in [7, 11) is 0. The van der Waals surface area contributed by atoms with Gasteiger partial charge in [0.2, 0.25) is 5.91 Å². The number of aromatic carboxylic acids is 1. The van der Waals surface area contributed by atoms with Crippen molar-refractivity contribution in [1.82, 2.24) is 4.98 Å². The first-order valence-corrected chi connectivity index (χ1v) is 7.78. The van der Waals surface area contributed by atoms with Crippen LogP contribution >= 0.6 is 23.1 Å². The zero-order valence-corrected chi connectivity index (χ0v) is 12.0. The minimum atomic E-state index is -1.09. The van der Waals surface area contributed by atoms with E-state index in [1.807, 2.05) is 17.5 Å². The van der Waals surface area contributed by atoms with Gasteiger partial charge in [0.15, 0.2) is 0 Å². The molecule has 7 heteroatoms. The highest BCUT2D eigenvalue weighted by molar-refractivity contribution is 7.99. The lowest BCUT2D eigenvalue weighted by Crippen LogP contribution is -2.14. The number of thioether (sulfide) groups is 1. The summed E-state index contributed by atoms with van der Waals surface area (Å²) in [6, 6.07) is 6.90. The fourth-order valence-electron chi connectivity index (χ4n) is 1.43. The van der Waals surface area contributed by atoms with Crippen LogP contribution in [0.3, 0.4) is 0 Å². The van der Waals surface area contributed by atoms with E-state index in [-0.39, 0.29) is 11.6 Å². The van der Waals surface area contributed by atoms with Crippen molar-refractivity contribution in [1.29, 1.82) is 0 Å². The molecule has 0 spiro atoms. The Balaban J connectivity index is 1.77. The Morgan fingerprint density at radius 2 is 2.20 bits per heavy atom. The van der Waals surface area contributed by atoms with Gasteiger partial charge in [0, 0.05) is 10.6 Å². The molecule has 0 radical (unpaired) electrons. The Labute approximate surface area is 124 Å². The molecule has 2 aromatic rings. The van der Waals surface area contributed by atoms with Gasteiger partial charge in [0.25, 0.3) is 0 Å². The summed E-state index contributed by atoms with van der Waals surface area (Å²) < 4.78 is 0. The number of amides is 1. The maximum Gasteiger partial charge on any atom is 0.354 e. The maximum atomic E-state index is 11.7. The molecular weight excluding hydrogens is 296 g/mol. The molecule has 2 heterocycles. The topological polar surface area (TPSA) is 79.3 Å². The van der Waals surface area contributed by atoms with Crippen LogP contribution in [0.25, 0.3) is 0 Å². The number of hydrogen-bond donors (Lipinski definition) is 2.